The van der Waals surface area contributed by atoms with Gasteiger partial charge in [0.1, 0.15) is 11.3 Å². The van der Waals surface area contributed by atoms with Gasteiger partial charge in [-0.1, -0.05) is 6.92 Å². The zero-order chi connectivity index (χ0) is 12.2. The van der Waals surface area contributed by atoms with Crippen molar-refractivity contribution in [2.75, 3.05) is 0 Å². The summed E-state index contributed by atoms with van der Waals surface area (Å²) in [6, 6.07) is 3.74. The zero-order valence-electron chi connectivity index (χ0n) is 9.47. The third-order valence-electron chi connectivity index (χ3n) is 2.29. The molecule has 2 atom stereocenters. The normalized spacial score (nSPS) is 16.7. The maximum atomic E-state index is 10.8. The Labute approximate surface area is 99.2 Å². The summed E-state index contributed by atoms with van der Waals surface area (Å²) in [5, 5.41) is 9.07. The van der Waals surface area contributed by atoms with Crippen molar-refractivity contribution in [2.45, 2.75) is 36.8 Å². The number of thioether (sulfide) groups is 1. The molecule has 5 heteroatoms. The smallest absolute Gasteiger partial charge is 0.323 e. The highest BCUT2D eigenvalue weighted by atomic mass is 32.2. The maximum absolute atomic E-state index is 10.8. The highest BCUT2D eigenvalue weighted by Gasteiger charge is 2.29. The van der Waals surface area contributed by atoms with E-state index in [1.54, 1.807) is 24.9 Å². The summed E-state index contributed by atoms with van der Waals surface area (Å²) < 4.78 is 5.19. The molecule has 0 saturated carbocycles. The lowest BCUT2D eigenvalue weighted by Crippen LogP contribution is -2.46. The van der Waals surface area contributed by atoms with Gasteiger partial charge in [-0.2, -0.15) is 11.8 Å². The van der Waals surface area contributed by atoms with E-state index in [4.69, 9.17) is 15.3 Å². The molecule has 1 aromatic heterocycles. The molecule has 1 aromatic rings. The lowest BCUT2D eigenvalue weighted by molar-refractivity contribution is -0.142. The number of hydrogen-bond acceptors (Lipinski definition) is 4. The van der Waals surface area contributed by atoms with Crippen LogP contribution in [0.2, 0.25) is 0 Å². The van der Waals surface area contributed by atoms with Crippen LogP contribution in [0, 0.1) is 0 Å². The number of carbonyl (C=O) groups is 1. The summed E-state index contributed by atoms with van der Waals surface area (Å²) >= 11 is 1.64. The Balaban J connectivity index is 2.36. The minimum absolute atomic E-state index is 0.177. The summed E-state index contributed by atoms with van der Waals surface area (Å²) in [4.78, 5) is 10.8. The Morgan fingerprint density at radius 1 is 1.75 bits per heavy atom. The van der Waals surface area contributed by atoms with E-state index in [1.807, 2.05) is 19.1 Å². The third-order valence-corrected chi connectivity index (χ3v) is 3.48. The average Bonchev–Trinajstić information content (AvgIpc) is 2.66. The third kappa shape index (κ3) is 3.90. The highest BCUT2D eigenvalue weighted by molar-refractivity contribution is 7.99. The fourth-order valence-corrected chi connectivity index (χ4v) is 2.44. The Bertz CT molecular complexity index is 335. The van der Waals surface area contributed by atoms with Crippen LogP contribution in [-0.2, 0) is 10.5 Å². The Hall–Kier alpha value is -0.940. The van der Waals surface area contributed by atoms with E-state index in [2.05, 4.69) is 0 Å². The van der Waals surface area contributed by atoms with Crippen molar-refractivity contribution in [3.8, 4) is 0 Å². The first-order chi connectivity index (χ1) is 7.42. The summed E-state index contributed by atoms with van der Waals surface area (Å²) in [5.74, 6) is 0.674. The van der Waals surface area contributed by atoms with Crippen LogP contribution < -0.4 is 5.73 Å². The van der Waals surface area contributed by atoms with Gasteiger partial charge in [0.2, 0.25) is 0 Å². The van der Waals surface area contributed by atoms with Crippen LogP contribution >= 0.6 is 11.8 Å². The summed E-state index contributed by atoms with van der Waals surface area (Å²) in [5.41, 5.74) is 4.52. The van der Waals surface area contributed by atoms with Crippen molar-refractivity contribution in [1.82, 2.24) is 0 Å². The largest absolute Gasteiger partial charge is 0.480 e. The molecule has 0 aliphatic carbocycles. The average molecular weight is 243 g/mol. The molecule has 0 aliphatic rings. The predicted molar refractivity (Wildman–Crippen MR) is 64.3 cm³/mol. The molecule has 16 heavy (non-hydrogen) atoms. The van der Waals surface area contributed by atoms with Crippen LogP contribution in [-0.4, -0.2) is 21.9 Å². The number of furan rings is 1. The van der Waals surface area contributed by atoms with E-state index < -0.39 is 11.5 Å². The van der Waals surface area contributed by atoms with Gasteiger partial charge < -0.3 is 15.3 Å². The molecule has 3 N–H and O–H groups in total. The van der Waals surface area contributed by atoms with Gasteiger partial charge in [0.15, 0.2) is 0 Å². The monoisotopic (exact) mass is 243 g/mol. The van der Waals surface area contributed by atoms with Gasteiger partial charge in [0.05, 0.1) is 12.0 Å². The molecule has 4 nitrogen and oxygen atoms in total. The van der Waals surface area contributed by atoms with Crippen LogP contribution in [0.1, 0.15) is 26.0 Å². The van der Waals surface area contributed by atoms with Gasteiger partial charge in [-0.25, -0.2) is 0 Å². The molecule has 0 bridgehead atoms. The first kappa shape index (κ1) is 13.1. The predicted octanol–water partition coefficient (Wildman–Crippen LogP) is 2.09. The van der Waals surface area contributed by atoms with Crippen LogP contribution in [0.5, 0.6) is 0 Å². The molecule has 1 heterocycles. The molecule has 0 amide bonds. The second-order valence-corrected chi connectivity index (χ2v) is 5.55. The lowest BCUT2D eigenvalue weighted by atomic mass is 9.98. The van der Waals surface area contributed by atoms with E-state index in [0.717, 1.165) is 11.5 Å². The van der Waals surface area contributed by atoms with Crippen LogP contribution in [0.15, 0.2) is 22.8 Å². The van der Waals surface area contributed by atoms with Crippen molar-refractivity contribution in [3.05, 3.63) is 24.2 Å². The van der Waals surface area contributed by atoms with Gasteiger partial charge in [-0.05, 0) is 25.5 Å². The Morgan fingerprint density at radius 3 is 2.94 bits per heavy atom. The van der Waals surface area contributed by atoms with Crippen LogP contribution in [0.3, 0.4) is 0 Å². The van der Waals surface area contributed by atoms with E-state index in [-0.39, 0.29) is 5.25 Å². The first-order valence-corrected chi connectivity index (χ1v) is 6.13. The topological polar surface area (TPSA) is 76.5 Å². The molecular formula is C11H17NO3S. The Morgan fingerprint density at radius 2 is 2.44 bits per heavy atom. The number of aliphatic carboxylic acids is 1. The van der Waals surface area contributed by atoms with Gasteiger partial charge in [0, 0.05) is 5.25 Å². The van der Waals surface area contributed by atoms with Crippen LogP contribution in [0.25, 0.3) is 0 Å². The fraction of sp³-hybridized carbons (Fsp3) is 0.545. The van der Waals surface area contributed by atoms with Gasteiger partial charge >= 0.3 is 5.97 Å². The van der Waals surface area contributed by atoms with Crippen molar-refractivity contribution >= 4 is 17.7 Å². The van der Waals surface area contributed by atoms with Crippen molar-refractivity contribution in [2.24, 2.45) is 5.73 Å². The summed E-state index contributed by atoms with van der Waals surface area (Å²) in [7, 11) is 0. The van der Waals surface area contributed by atoms with Gasteiger partial charge in [-0.3, -0.25) is 4.79 Å². The molecule has 0 saturated heterocycles. The lowest BCUT2D eigenvalue weighted by Gasteiger charge is -2.22. The van der Waals surface area contributed by atoms with E-state index in [1.165, 1.54) is 0 Å². The molecule has 0 aromatic carbocycles. The molecule has 1 rings (SSSR count). The molecule has 0 aliphatic heterocycles. The second-order valence-electron chi connectivity index (χ2n) is 4.13. The van der Waals surface area contributed by atoms with E-state index in [9.17, 15) is 4.79 Å². The number of carboxylic acid groups (broad SMARTS) is 1. The molecule has 0 fully saturated rings. The number of rotatable bonds is 6. The molecule has 90 valence electrons. The number of nitrogens with two attached hydrogens (primary N) is 1. The SMILES string of the molecule is CC(CC(C)(N)C(=O)O)SCc1ccco1. The summed E-state index contributed by atoms with van der Waals surface area (Å²) in [6.45, 7) is 3.51. The molecule has 0 spiro atoms. The Kier molecular flexibility index (Phi) is 4.44. The first-order valence-electron chi connectivity index (χ1n) is 5.08. The number of carboxylic acids is 1. The summed E-state index contributed by atoms with van der Waals surface area (Å²) in [6.07, 6.45) is 2.07. The molecule has 2 unspecified atom stereocenters. The standard InChI is InChI=1S/C11H17NO3S/c1-8(6-11(2,12)10(13)14)16-7-9-4-3-5-15-9/h3-5,8H,6-7,12H2,1-2H3,(H,13,14). The zero-order valence-corrected chi connectivity index (χ0v) is 10.3. The van der Waals surface area contributed by atoms with Crippen LogP contribution in [0.4, 0.5) is 0 Å². The molecular weight excluding hydrogens is 226 g/mol. The van der Waals surface area contributed by atoms with Crippen molar-refractivity contribution < 1.29 is 14.3 Å². The molecule has 0 radical (unpaired) electrons. The highest BCUT2D eigenvalue weighted by Crippen LogP contribution is 2.24. The maximum Gasteiger partial charge on any atom is 0.323 e. The fourth-order valence-electron chi connectivity index (χ4n) is 1.36. The second kappa shape index (κ2) is 5.41. The number of hydrogen-bond donors (Lipinski definition) is 2. The minimum Gasteiger partial charge on any atom is -0.480 e. The minimum atomic E-state index is -1.16. The van der Waals surface area contributed by atoms with E-state index >= 15 is 0 Å². The quantitative estimate of drug-likeness (QED) is 0.800. The van der Waals surface area contributed by atoms with E-state index in [0.29, 0.717) is 6.42 Å². The van der Waals surface area contributed by atoms with Crippen molar-refractivity contribution in [1.29, 1.82) is 0 Å². The van der Waals surface area contributed by atoms with Gasteiger partial charge in [0.25, 0.3) is 0 Å². The van der Waals surface area contributed by atoms with Crippen molar-refractivity contribution in [3.63, 3.8) is 0 Å². The van der Waals surface area contributed by atoms with Gasteiger partial charge in [-0.15, -0.1) is 0 Å².